The zero-order valence-corrected chi connectivity index (χ0v) is 12.6. The largest absolute Gasteiger partial charge is 0.384 e. The van der Waals surface area contributed by atoms with Crippen LogP contribution >= 0.6 is 0 Å². The fraction of sp³-hybridized carbons (Fsp3) is 0.375. The maximum absolute atomic E-state index is 12.4. The summed E-state index contributed by atoms with van der Waals surface area (Å²) in [6.07, 6.45) is 2.98. The van der Waals surface area contributed by atoms with Crippen molar-refractivity contribution in [1.29, 1.82) is 0 Å². The molecule has 1 amide bonds. The van der Waals surface area contributed by atoms with Gasteiger partial charge in [-0.3, -0.25) is 9.89 Å². The van der Waals surface area contributed by atoms with Gasteiger partial charge in [-0.1, -0.05) is 32.4 Å². The fourth-order valence-corrected chi connectivity index (χ4v) is 2.10. The molecule has 5 heteroatoms. The summed E-state index contributed by atoms with van der Waals surface area (Å²) in [5, 5.41) is 13.1. The van der Waals surface area contributed by atoms with Gasteiger partial charge in [0.25, 0.3) is 5.91 Å². The number of anilines is 2. The van der Waals surface area contributed by atoms with E-state index in [0.717, 1.165) is 37.2 Å². The van der Waals surface area contributed by atoms with Crippen LogP contribution in [0.25, 0.3) is 0 Å². The molecule has 0 fully saturated rings. The SMILES string of the molecule is CCCNc1ccccc1C(=O)Nc1cc(CCC)[nH]n1. The molecule has 0 spiro atoms. The van der Waals surface area contributed by atoms with Crippen molar-refractivity contribution in [1.82, 2.24) is 10.2 Å². The van der Waals surface area contributed by atoms with E-state index in [9.17, 15) is 4.79 Å². The van der Waals surface area contributed by atoms with Crippen molar-refractivity contribution in [3.05, 3.63) is 41.6 Å². The predicted octanol–water partition coefficient (Wildman–Crippen LogP) is 3.44. The summed E-state index contributed by atoms with van der Waals surface area (Å²) in [4.78, 5) is 12.4. The molecule has 0 saturated heterocycles. The number of aryl methyl sites for hydroxylation is 1. The Morgan fingerprint density at radius 1 is 1.24 bits per heavy atom. The summed E-state index contributed by atoms with van der Waals surface area (Å²) in [7, 11) is 0. The molecule has 0 aliphatic carbocycles. The molecule has 0 aliphatic rings. The molecule has 2 rings (SSSR count). The van der Waals surface area contributed by atoms with Crippen molar-refractivity contribution in [3.63, 3.8) is 0 Å². The monoisotopic (exact) mass is 286 g/mol. The van der Waals surface area contributed by atoms with E-state index in [4.69, 9.17) is 0 Å². The molecule has 0 aliphatic heterocycles. The van der Waals surface area contributed by atoms with Crippen molar-refractivity contribution in [2.24, 2.45) is 0 Å². The lowest BCUT2D eigenvalue weighted by molar-refractivity contribution is 0.102. The van der Waals surface area contributed by atoms with Gasteiger partial charge in [0.15, 0.2) is 5.82 Å². The molecule has 112 valence electrons. The Morgan fingerprint density at radius 2 is 2.05 bits per heavy atom. The third kappa shape index (κ3) is 4.08. The van der Waals surface area contributed by atoms with E-state index >= 15 is 0 Å². The molecule has 0 bridgehead atoms. The van der Waals surface area contributed by atoms with Crippen LogP contribution in [0.2, 0.25) is 0 Å². The minimum Gasteiger partial charge on any atom is -0.384 e. The van der Waals surface area contributed by atoms with Crippen molar-refractivity contribution in [3.8, 4) is 0 Å². The Bertz CT molecular complexity index is 591. The number of carbonyl (C=O) groups is 1. The quantitative estimate of drug-likeness (QED) is 0.730. The lowest BCUT2D eigenvalue weighted by Crippen LogP contribution is -2.15. The van der Waals surface area contributed by atoms with Crippen LogP contribution in [0.4, 0.5) is 11.5 Å². The van der Waals surface area contributed by atoms with Crippen LogP contribution in [-0.2, 0) is 6.42 Å². The fourth-order valence-electron chi connectivity index (χ4n) is 2.10. The Balaban J connectivity index is 2.08. The van der Waals surface area contributed by atoms with Gasteiger partial charge < -0.3 is 10.6 Å². The number of nitrogens with one attached hydrogen (secondary N) is 3. The Morgan fingerprint density at radius 3 is 2.81 bits per heavy atom. The minimum atomic E-state index is -0.149. The summed E-state index contributed by atoms with van der Waals surface area (Å²) >= 11 is 0. The topological polar surface area (TPSA) is 69.8 Å². The van der Waals surface area contributed by atoms with Crippen LogP contribution in [-0.4, -0.2) is 22.6 Å². The predicted molar refractivity (Wildman–Crippen MR) is 85.8 cm³/mol. The second-order valence-electron chi connectivity index (χ2n) is 4.95. The summed E-state index contributed by atoms with van der Waals surface area (Å²) in [6.45, 7) is 5.04. The highest BCUT2D eigenvalue weighted by Gasteiger charge is 2.12. The van der Waals surface area contributed by atoms with Gasteiger partial charge in [0.1, 0.15) is 0 Å². The Labute approximate surface area is 125 Å². The first-order valence-corrected chi connectivity index (χ1v) is 7.43. The van der Waals surface area contributed by atoms with E-state index in [2.05, 4.69) is 34.7 Å². The van der Waals surface area contributed by atoms with E-state index < -0.39 is 0 Å². The number of carbonyl (C=O) groups excluding carboxylic acids is 1. The number of benzene rings is 1. The summed E-state index contributed by atoms with van der Waals surface area (Å²) in [5.41, 5.74) is 2.51. The second kappa shape index (κ2) is 7.47. The van der Waals surface area contributed by atoms with E-state index in [0.29, 0.717) is 11.4 Å². The van der Waals surface area contributed by atoms with E-state index in [1.165, 1.54) is 0 Å². The number of amides is 1. The molecule has 1 heterocycles. The molecule has 0 radical (unpaired) electrons. The average Bonchev–Trinajstić information content (AvgIpc) is 2.93. The summed E-state index contributed by atoms with van der Waals surface area (Å²) in [6, 6.07) is 9.38. The number of hydrogen-bond donors (Lipinski definition) is 3. The van der Waals surface area contributed by atoms with Gasteiger partial charge in [0, 0.05) is 24.0 Å². The smallest absolute Gasteiger partial charge is 0.258 e. The molecule has 2 aromatic rings. The molecule has 1 aromatic heterocycles. The van der Waals surface area contributed by atoms with Gasteiger partial charge in [-0.25, -0.2) is 0 Å². The highest BCUT2D eigenvalue weighted by molar-refractivity contribution is 6.07. The third-order valence-electron chi connectivity index (χ3n) is 3.13. The van der Waals surface area contributed by atoms with Crippen molar-refractivity contribution in [2.45, 2.75) is 33.1 Å². The molecule has 0 atom stereocenters. The van der Waals surface area contributed by atoms with Crippen LogP contribution in [0.5, 0.6) is 0 Å². The zero-order valence-electron chi connectivity index (χ0n) is 12.6. The van der Waals surface area contributed by atoms with Crippen LogP contribution in [0, 0.1) is 0 Å². The first kappa shape index (κ1) is 15.1. The Hall–Kier alpha value is -2.30. The van der Waals surface area contributed by atoms with Crippen molar-refractivity contribution < 1.29 is 4.79 Å². The first-order chi connectivity index (χ1) is 10.2. The molecule has 0 unspecified atom stereocenters. The molecule has 1 aromatic carbocycles. The summed E-state index contributed by atoms with van der Waals surface area (Å²) in [5.74, 6) is 0.414. The molecular weight excluding hydrogens is 264 g/mol. The maximum Gasteiger partial charge on any atom is 0.258 e. The van der Waals surface area contributed by atoms with Gasteiger partial charge in [-0.15, -0.1) is 0 Å². The average molecular weight is 286 g/mol. The van der Waals surface area contributed by atoms with E-state index in [-0.39, 0.29) is 5.91 Å². The highest BCUT2D eigenvalue weighted by atomic mass is 16.1. The van der Waals surface area contributed by atoms with Crippen molar-refractivity contribution in [2.75, 3.05) is 17.2 Å². The number of aromatic nitrogens is 2. The highest BCUT2D eigenvalue weighted by Crippen LogP contribution is 2.17. The van der Waals surface area contributed by atoms with Crippen LogP contribution in [0.1, 0.15) is 42.7 Å². The number of nitrogens with zero attached hydrogens (tertiary/aromatic N) is 1. The normalized spacial score (nSPS) is 10.4. The first-order valence-electron chi connectivity index (χ1n) is 7.43. The van der Waals surface area contributed by atoms with E-state index in [1.807, 2.05) is 30.3 Å². The Kier molecular flexibility index (Phi) is 5.37. The summed E-state index contributed by atoms with van der Waals surface area (Å²) < 4.78 is 0. The minimum absolute atomic E-state index is 0.149. The standard InChI is InChI=1S/C16H22N4O/c1-3-7-12-11-15(20-19-12)18-16(21)13-8-5-6-9-14(13)17-10-4-2/h5-6,8-9,11,17H,3-4,7,10H2,1-2H3,(H2,18,19,20,21). The van der Waals surface area contributed by atoms with Gasteiger partial charge in [-0.2, -0.15) is 5.10 Å². The van der Waals surface area contributed by atoms with Crippen LogP contribution in [0.15, 0.2) is 30.3 Å². The zero-order chi connectivity index (χ0) is 15.1. The lowest BCUT2D eigenvalue weighted by Gasteiger charge is -2.10. The van der Waals surface area contributed by atoms with Crippen molar-refractivity contribution >= 4 is 17.4 Å². The molecular formula is C16H22N4O. The lowest BCUT2D eigenvalue weighted by atomic mass is 10.1. The number of rotatable bonds is 7. The number of aromatic amines is 1. The molecule has 3 N–H and O–H groups in total. The maximum atomic E-state index is 12.4. The van der Waals surface area contributed by atoms with Crippen LogP contribution < -0.4 is 10.6 Å². The number of H-pyrrole nitrogens is 1. The van der Waals surface area contributed by atoms with Gasteiger partial charge in [0.2, 0.25) is 0 Å². The second-order valence-corrected chi connectivity index (χ2v) is 4.95. The van der Waals surface area contributed by atoms with Gasteiger partial charge >= 0.3 is 0 Å². The van der Waals surface area contributed by atoms with Gasteiger partial charge in [-0.05, 0) is 25.0 Å². The molecule has 0 saturated carbocycles. The molecule has 21 heavy (non-hydrogen) atoms. The number of hydrogen-bond acceptors (Lipinski definition) is 3. The van der Waals surface area contributed by atoms with E-state index in [1.54, 1.807) is 0 Å². The van der Waals surface area contributed by atoms with Crippen LogP contribution in [0.3, 0.4) is 0 Å². The number of para-hydroxylation sites is 1. The van der Waals surface area contributed by atoms with Gasteiger partial charge in [0.05, 0.1) is 5.56 Å². The molecule has 5 nitrogen and oxygen atoms in total. The third-order valence-corrected chi connectivity index (χ3v) is 3.13.